The van der Waals surface area contributed by atoms with Crippen LogP contribution in [0.4, 0.5) is 10.3 Å². The average molecular weight is 1060 g/mol. The van der Waals surface area contributed by atoms with Gasteiger partial charge >= 0.3 is 11.9 Å². The first-order valence-electron chi connectivity index (χ1n) is 18.8. The molecule has 0 aromatic carbocycles. The highest BCUT2D eigenvalue weighted by Crippen LogP contribution is 2.47. The maximum atomic E-state index is 12.9. The number of nitrogens with two attached hydrogens (primary N) is 2. The summed E-state index contributed by atoms with van der Waals surface area (Å²) in [5, 5.41) is 53.3. The Hall–Kier alpha value is -5.67. The van der Waals surface area contributed by atoms with Crippen LogP contribution in [0.15, 0.2) is 53.9 Å². The normalized spacial score (nSPS) is 20.2. The Labute approximate surface area is 409 Å². The van der Waals surface area contributed by atoms with Crippen LogP contribution >= 0.6 is 82.1 Å². The van der Waals surface area contributed by atoms with Gasteiger partial charge in [0.25, 0.3) is 0 Å². The average Bonchev–Trinajstić information content (AvgIpc) is 4.12. The minimum Gasteiger partial charge on any atom is -0.477 e. The fourth-order valence-corrected chi connectivity index (χ4v) is 12.8. The van der Waals surface area contributed by atoms with Crippen molar-refractivity contribution in [2.75, 3.05) is 48.7 Å². The van der Waals surface area contributed by atoms with Crippen LogP contribution < -0.4 is 11.5 Å². The lowest BCUT2D eigenvalue weighted by atomic mass is 9.89. The molecule has 8 rings (SSSR count). The molecule has 26 nitrogen and oxygen atoms in total. The quantitative estimate of drug-likeness (QED) is 0.0465. The van der Waals surface area contributed by atoms with E-state index in [9.17, 15) is 39.0 Å². The molecule has 4 aliphatic heterocycles. The number of nitrogens with zero attached hydrogens (tertiary/aromatic N) is 14. The third-order valence-corrected chi connectivity index (χ3v) is 16.2. The van der Waals surface area contributed by atoms with Crippen LogP contribution in [-0.2, 0) is 52.5 Å². The second-order valence-electron chi connectivity index (χ2n) is 13.9. The van der Waals surface area contributed by atoms with Gasteiger partial charge in [0.2, 0.25) is 22.1 Å². The Morgan fingerprint density at radius 2 is 1.12 bits per heavy atom. The molecule has 2 saturated heterocycles. The van der Waals surface area contributed by atoms with Crippen LogP contribution in [0.3, 0.4) is 0 Å². The summed E-state index contributed by atoms with van der Waals surface area (Å²) >= 11 is 7.71. The summed E-state index contributed by atoms with van der Waals surface area (Å²) in [6, 6.07) is 0. The molecule has 0 radical (unpaired) electrons. The Morgan fingerprint density at radius 1 is 0.731 bits per heavy atom. The molecule has 4 aliphatic rings. The Morgan fingerprint density at radius 3 is 1.42 bits per heavy atom. The molecule has 8 heterocycles. The number of carbonyl (C=O) groups is 6. The maximum absolute atomic E-state index is 12.9. The van der Waals surface area contributed by atoms with Crippen LogP contribution in [0.1, 0.15) is 24.2 Å². The lowest BCUT2D eigenvalue weighted by molar-refractivity contribution is -0.153. The molecule has 2 fully saturated rings. The number of carboxylic acids is 2. The molecule has 4 aromatic rings. The van der Waals surface area contributed by atoms with Crippen molar-refractivity contribution in [3.8, 4) is 0 Å². The number of tetrazole rings is 2. The van der Waals surface area contributed by atoms with E-state index in [1.165, 1.54) is 80.4 Å². The zero-order valence-corrected chi connectivity index (χ0v) is 40.9. The number of halogens is 1. The summed E-state index contributed by atoms with van der Waals surface area (Å²) in [6.45, 7) is 0. The molecule has 33 heteroatoms. The number of carboxylic acid groups (broad SMARTS) is 2. The number of ketones is 2. The number of β-lactam (4-membered cyclic amide) rings is 2. The Bertz CT molecular complexity index is 2540. The Balaban J connectivity index is 0.000000218. The lowest BCUT2D eigenvalue weighted by Crippen LogP contribution is -2.62. The third-order valence-electron chi connectivity index (χ3n) is 9.87. The van der Waals surface area contributed by atoms with Gasteiger partial charge in [-0.25, -0.2) is 28.9 Å². The monoisotopic (exact) mass is 1060 g/mol. The van der Waals surface area contributed by atoms with E-state index in [2.05, 4.69) is 51.3 Å². The zero-order chi connectivity index (χ0) is 47.4. The van der Waals surface area contributed by atoms with Gasteiger partial charge in [0, 0.05) is 60.7 Å². The van der Waals surface area contributed by atoms with Crippen LogP contribution in [-0.4, -0.2) is 165 Å². The first-order chi connectivity index (χ1) is 31.6. The van der Waals surface area contributed by atoms with Crippen molar-refractivity contribution in [3.63, 3.8) is 0 Å². The van der Waals surface area contributed by atoms with E-state index < -0.39 is 57.9 Å². The van der Waals surface area contributed by atoms with Gasteiger partial charge in [0.05, 0.1) is 22.6 Å². The SMILES string of the molecule is CO/N=C(\C(=O)C[C@@H]1C(=O)N2C(C(=O)O)=C(CSc3nnnn3C)CS[C@H]12)c1csc(N)n1.CO/N=C(\C(=O)C[C@@H]1C(=O)N2C(C(=O)O)=C(CSc3nnnn3C)CS[C@H]12)c1csc(N)n1.Cl. The van der Waals surface area contributed by atoms with Gasteiger partial charge in [-0.2, -0.15) is 0 Å². The minimum atomic E-state index is -1.19. The topological polar surface area (TPSA) is 358 Å². The number of fused-ring (bicyclic) bond motifs is 2. The van der Waals surface area contributed by atoms with E-state index >= 15 is 0 Å². The number of aromatic nitrogens is 10. The summed E-state index contributed by atoms with van der Waals surface area (Å²) in [7, 11) is 5.97. The standard InChI is InChI=1S/2C17H18N8O5S3.ClH/c2*1-24-17(20-22-23-24)33-5-7-4-31-14-8(13(27)25(14)12(7)15(28)29)3-10(26)11(21-30-2)9-6-32-16(18)19-9;/h2*6,8,14H,3-5H2,1-2H3,(H2,18,19)(H,28,29);1H/b2*21-11-;/t2*8-,14-;/m11./s1. The molecule has 4 aromatic heterocycles. The molecule has 4 atom stereocenters. The van der Waals surface area contributed by atoms with Crippen LogP contribution in [0, 0.1) is 11.8 Å². The maximum Gasteiger partial charge on any atom is 0.352 e. The number of oxime groups is 2. The molecule has 356 valence electrons. The highest BCUT2D eigenvalue weighted by atomic mass is 35.5. The number of aryl methyl sites for hydroxylation is 2. The van der Waals surface area contributed by atoms with Crippen LogP contribution in [0.2, 0.25) is 0 Å². The third kappa shape index (κ3) is 10.7. The number of hydrogen-bond acceptors (Lipinski definition) is 26. The van der Waals surface area contributed by atoms with Gasteiger partial charge in [-0.1, -0.05) is 33.8 Å². The van der Waals surface area contributed by atoms with Gasteiger partial charge in [0.1, 0.15) is 37.0 Å². The van der Waals surface area contributed by atoms with Crippen LogP contribution in [0.5, 0.6) is 0 Å². The van der Waals surface area contributed by atoms with E-state index in [1.807, 2.05) is 0 Å². The molecule has 0 spiro atoms. The van der Waals surface area contributed by atoms with Gasteiger partial charge in [0.15, 0.2) is 33.3 Å². The molecule has 2 amide bonds. The summed E-state index contributed by atoms with van der Waals surface area (Å²) in [5.74, 6) is -3.99. The second kappa shape index (κ2) is 22.0. The summed E-state index contributed by atoms with van der Waals surface area (Å²) < 4.78 is 2.96. The van der Waals surface area contributed by atoms with Crippen molar-refractivity contribution in [1.82, 2.24) is 60.2 Å². The number of thiazole rings is 2. The smallest absolute Gasteiger partial charge is 0.352 e. The van der Waals surface area contributed by atoms with Gasteiger partial charge in [-0.05, 0) is 32.0 Å². The molecule has 6 N–H and O–H groups in total. The van der Waals surface area contributed by atoms with E-state index in [0.29, 0.717) is 44.5 Å². The number of anilines is 2. The van der Waals surface area contributed by atoms with Crippen molar-refractivity contribution in [1.29, 1.82) is 0 Å². The highest BCUT2D eigenvalue weighted by Gasteiger charge is 2.55. The fourth-order valence-electron chi connectivity index (χ4n) is 6.90. The van der Waals surface area contributed by atoms with Gasteiger partial charge in [-0.3, -0.25) is 29.0 Å². The van der Waals surface area contributed by atoms with Gasteiger partial charge < -0.3 is 31.4 Å². The second-order valence-corrected chi connectivity index (χ2v) is 19.8. The first-order valence-corrected chi connectivity index (χ1v) is 24.7. The molecular weight excluding hydrogens is 1020 g/mol. The number of amides is 2. The molecule has 0 bridgehead atoms. The van der Waals surface area contributed by atoms with E-state index in [1.54, 1.807) is 24.9 Å². The number of rotatable bonds is 18. The summed E-state index contributed by atoms with van der Waals surface area (Å²) in [4.78, 5) is 95.8. The number of carbonyl (C=O) groups excluding carboxylic acids is 4. The predicted octanol–water partition coefficient (Wildman–Crippen LogP) is 0.863. The largest absolute Gasteiger partial charge is 0.477 e. The molecular formula is C34H37ClN16O10S6. The van der Waals surface area contributed by atoms with E-state index in [0.717, 1.165) is 22.7 Å². The highest BCUT2D eigenvalue weighted by molar-refractivity contribution is 8.01. The van der Waals surface area contributed by atoms with Crippen molar-refractivity contribution >= 4 is 139 Å². The zero-order valence-electron chi connectivity index (χ0n) is 35.1. The molecule has 0 unspecified atom stereocenters. The molecule has 0 aliphatic carbocycles. The predicted molar refractivity (Wildman–Crippen MR) is 248 cm³/mol. The lowest BCUT2D eigenvalue weighted by Gasteiger charge is -2.49. The number of hydrogen-bond donors (Lipinski definition) is 4. The summed E-state index contributed by atoms with van der Waals surface area (Å²) in [5.41, 5.74) is 12.9. The number of thioether (sulfide) groups is 4. The molecule has 0 saturated carbocycles. The minimum absolute atomic E-state index is 0. The number of Topliss-reactive ketones (excluding diaryl/α,β-unsaturated/α-hetero) is 2. The Kier molecular flexibility index (Phi) is 16.6. The fraction of sp³-hybridized carbons (Fsp3) is 0.412. The van der Waals surface area contributed by atoms with Crippen molar-refractivity contribution in [2.45, 2.75) is 33.9 Å². The van der Waals surface area contributed by atoms with E-state index in [4.69, 9.17) is 21.1 Å². The number of nitrogen functional groups attached to an aromatic ring is 2. The van der Waals surface area contributed by atoms with Crippen molar-refractivity contribution in [3.05, 3.63) is 44.7 Å². The van der Waals surface area contributed by atoms with Crippen LogP contribution in [0.25, 0.3) is 0 Å². The van der Waals surface area contributed by atoms with E-state index in [-0.39, 0.29) is 69.7 Å². The molecule has 67 heavy (non-hydrogen) atoms. The summed E-state index contributed by atoms with van der Waals surface area (Å²) in [6.07, 6.45) is -0.289. The van der Waals surface area contributed by atoms with Gasteiger partial charge in [-0.15, -0.1) is 68.8 Å². The number of aliphatic carboxylic acids is 2. The van der Waals surface area contributed by atoms with Crippen molar-refractivity contribution in [2.24, 2.45) is 36.2 Å². The van der Waals surface area contributed by atoms with Crippen molar-refractivity contribution < 1.29 is 48.7 Å². The first kappa shape index (κ1) is 50.7.